The lowest BCUT2D eigenvalue weighted by molar-refractivity contribution is -0.870. The van der Waals surface area contributed by atoms with Crippen LogP contribution in [0.1, 0.15) is 354 Å². The Morgan fingerprint density at radius 1 is 0.386 bits per heavy atom. The predicted molar refractivity (Wildman–Crippen MR) is 358 cm³/mol. The fourth-order valence-electron chi connectivity index (χ4n) is 10.7. The number of hydrogen-bond donors (Lipinski definition) is 1. The van der Waals surface area contributed by atoms with Crippen molar-refractivity contribution < 1.29 is 42.1 Å². The van der Waals surface area contributed by atoms with Gasteiger partial charge in [0, 0.05) is 12.8 Å². The van der Waals surface area contributed by atoms with Gasteiger partial charge in [-0.25, -0.2) is 4.57 Å². The summed E-state index contributed by atoms with van der Waals surface area (Å²) in [6, 6.07) is 0. The van der Waals surface area contributed by atoms with E-state index < -0.39 is 26.5 Å². The molecular formula is C73H139NO8P+. The van der Waals surface area contributed by atoms with Crippen LogP contribution in [0.2, 0.25) is 0 Å². The van der Waals surface area contributed by atoms with Gasteiger partial charge in [-0.3, -0.25) is 18.6 Å². The van der Waals surface area contributed by atoms with Gasteiger partial charge in [0.1, 0.15) is 19.8 Å². The number of nitrogens with zero attached hydrogens (tertiary/aromatic N) is 1. The molecule has 0 aliphatic heterocycles. The van der Waals surface area contributed by atoms with Gasteiger partial charge < -0.3 is 18.9 Å². The smallest absolute Gasteiger partial charge is 0.462 e. The summed E-state index contributed by atoms with van der Waals surface area (Å²) in [6.45, 7) is 4.35. The first-order valence-electron chi connectivity index (χ1n) is 35.9. The van der Waals surface area contributed by atoms with E-state index in [-0.39, 0.29) is 32.0 Å². The van der Waals surface area contributed by atoms with Crippen molar-refractivity contribution >= 4 is 19.8 Å². The van der Waals surface area contributed by atoms with Crippen molar-refractivity contribution in [3.05, 3.63) is 48.6 Å². The zero-order chi connectivity index (χ0) is 60.5. The first-order chi connectivity index (χ1) is 40.5. The van der Waals surface area contributed by atoms with Gasteiger partial charge in [-0.15, -0.1) is 0 Å². The van der Waals surface area contributed by atoms with Crippen LogP contribution in [0, 0.1) is 0 Å². The fourth-order valence-corrected chi connectivity index (χ4v) is 11.4. The lowest BCUT2D eigenvalue weighted by atomic mass is 10.0. The van der Waals surface area contributed by atoms with Crippen LogP contribution in [0.25, 0.3) is 0 Å². The third kappa shape index (κ3) is 68.9. The molecule has 0 amide bonds. The second-order valence-electron chi connectivity index (χ2n) is 25.6. The van der Waals surface area contributed by atoms with Crippen molar-refractivity contribution in [1.82, 2.24) is 0 Å². The molecule has 0 aliphatic rings. The molecule has 0 fully saturated rings. The molecule has 0 saturated carbocycles. The Bertz CT molecular complexity index is 1540. The number of allylic oxidation sites excluding steroid dienone is 8. The van der Waals surface area contributed by atoms with Crippen LogP contribution < -0.4 is 0 Å². The average molecular weight is 1190 g/mol. The maximum Gasteiger partial charge on any atom is 0.472 e. The molecule has 0 spiro atoms. The monoisotopic (exact) mass is 1190 g/mol. The van der Waals surface area contributed by atoms with Crippen molar-refractivity contribution in [2.24, 2.45) is 0 Å². The zero-order valence-corrected chi connectivity index (χ0v) is 56.6. The van der Waals surface area contributed by atoms with E-state index in [9.17, 15) is 19.0 Å². The Labute approximate surface area is 515 Å². The van der Waals surface area contributed by atoms with Crippen LogP contribution in [0.15, 0.2) is 48.6 Å². The largest absolute Gasteiger partial charge is 0.472 e. The van der Waals surface area contributed by atoms with E-state index in [1.807, 2.05) is 21.1 Å². The molecule has 488 valence electrons. The van der Waals surface area contributed by atoms with E-state index >= 15 is 0 Å². The SMILES string of the molecule is CC/C=C\C/C=C\C/C=C\C/C=C\CCCCCCCCC(=O)OC(COC(=O)CCCCCCCCCCCCCCCCCCCCCCCCCCCCCCCCCCCCCCCCCC)COP(=O)(O)OCC[N+](C)(C)C. The second kappa shape index (κ2) is 64.4. The zero-order valence-electron chi connectivity index (χ0n) is 55.7. The normalized spacial score (nSPS) is 13.4. The molecule has 1 N–H and O–H groups in total. The highest BCUT2D eigenvalue weighted by Gasteiger charge is 2.27. The molecule has 0 aliphatic carbocycles. The van der Waals surface area contributed by atoms with Crippen LogP contribution in [0.4, 0.5) is 0 Å². The molecule has 10 heteroatoms. The van der Waals surface area contributed by atoms with Gasteiger partial charge >= 0.3 is 19.8 Å². The topological polar surface area (TPSA) is 108 Å². The Morgan fingerprint density at radius 3 is 1.02 bits per heavy atom. The van der Waals surface area contributed by atoms with Gasteiger partial charge in [-0.1, -0.05) is 339 Å². The second-order valence-corrected chi connectivity index (χ2v) is 27.1. The number of likely N-dealkylation sites (N-methyl/N-ethyl adjacent to an activating group) is 1. The number of quaternary nitrogens is 1. The number of hydrogen-bond acceptors (Lipinski definition) is 7. The van der Waals surface area contributed by atoms with Crippen LogP contribution in [0.3, 0.4) is 0 Å². The number of phosphoric acid groups is 1. The van der Waals surface area contributed by atoms with Crippen molar-refractivity contribution in [1.29, 1.82) is 0 Å². The maximum atomic E-state index is 12.8. The van der Waals surface area contributed by atoms with Gasteiger partial charge in [-0.05, 0) is 51.4 Å². The van der Waals surface area contributed by atoms with E-state index in [1.54, 1.807) is 0 Å². The van der Waals surface area contributed by atoms with Crippen LogP contribution in [-0.4, -0.2) is 74.9 Å². The highest BCUT2D eigenvalue weighted by atomic mass is 31.2. The highest BCUT2D eigenvalue weighted by molar-refractivity contribution is 7.47. The van der Waals surface area contributed by atoms with E-state index in [0.29, 0.717) is 17.4 Å². The standard InChI is InChI=1S/C73H138NO8P/c1-6-8-10-12-14-16-18-20-22-24-26-27-28-29-30-31-32-33-34-35-36-37-38-39-40-41-42-43-44-45-46-48-49-51-53-55-57-59-61-63-65-72(75)79-69-71(70-81-83(77,78)80-68-67-74(3,4)5)82-73(76)66-64-62-60-58-56-54-52-50-47-25-23-21-19-17-15-13-11-9-7-2/h9,11,15,17,21,23,47,50,71H,6-8,10,12-14,16,18-20,22,24-46,48-49,51-70H2,1-5H3/p+1/b11-9-,17-15-,23-21-,50-47-. The molecule has 2 atom stereocenters. The van der Waals surface area contributed by atoms with Gasteiger partial charge in [0.05, 0.1) is 27.7 Å². The molecule has 0 aromatic heterocycles. The number of esters is 2. The predicted octanol–water partition coefficient (Wildman–Crippen LogP) is 23.2. The first kappa shape index (κ1) is 81.0. The average Bonchev–Trinajstić information content (AvgIpc) is 3.49. The highest BCUT2D eigenvalue weighted by Crippen LogP contribution is 2.43. The minimum absolute atomic E-state index is 0.0287. The summed E-state index contributed by atoms with van der Waals surface area (Å²) >= 11 is 0. The lowest BCUT2D eigenvalue weighted by Crippen LogP contribution is -2.37. The van der Waals surface area contributed by atoms with Crippen molar-refractivity contribution in [3.8, 4) is 0 Å². The summed E-state index contributed by atoms with van der Waals surface area (Å²) in [5.41, 5.74) is 0. The molecular weight excluding hydrogens is 1050 g/mol. The van der Waals surface area contributed by atoms with Crippen LogP contribution >= 0.6 is 7.82 Å². The molecule has 0 radical (unpaired) electrons. The molecule has 83 heavy (non-hydrogen) atoms. The molecule has 0 bridgehead atoms. The summed E-state index contributed by atoms with van der Waals surface area (Å²) in [5, 5.41) is 0. The molecule has 0 aromatic rings. The number of rotatable bonds is 67. The number of ether oxygens (including phenoxy) is 2. The molecule has 2 unspecified atom stereocenters. The minimum atomic E-state index is -4.39. The molecule has 0 heterocycles. The number of unbranched alkanes of at least 4 members (excludes halogenated alkanes) is 45. The Balaban J connectivity index is 3.87. The summed E-state index contributed by atoms with van der Waals surface area (Å²) in [4.78, 5) is 35.8. The third-order valence-electron chi connectivity index (χ3n) is 16.1. The first-order valence-corrected chi connectivity index (χ1v) is 37.4. The summed E-state index contributed by atoms with van der Waals surface area (Å²) in [6.07, 6.45) is 84.0. The van der Waals surface area contributed by atoms with E-state index in [1.165, 1.54) is 238 Å². The summed E-state index contributed by atoms with van der Waals surface area (Å²) in [7, 11) is 1.48. The van der Waals surface area contributed by atoms with Crippen molar-refractivity contribution in [3.63, 3.8) is 0 Å². The molecule has 0 aromatic carbocycles. The molecule has 0 rings (SSSR count). The summed E-state index contributed by atoms with van der Waals surface area (Å²) in [5.74, 6) is -0.800. The summed E-state index contributed by atoms with van der Waals surface area (Å²) < 4.78 is 34.7. The Morgan fingerprint density at radius 2 is 0.687 bits per heavy atom. The van der Waals surface area contributed by atoms with Crippen LogP contribution in [-0.2, 0) is 32.7 Å². The Hall–Kier alpha value is -2.03. The van der Waals surface area contributed by atoms with Crippen molar-refractivity contribution in [2.45, 2.75) is 360 Å². The van der Waals surface area contributed by atoms with Crippen LogP contribution in [0.5, 0.6) is 0 Å². The Kier molecular flexibility index (Phi) is 62.9. The maximum absolute atomic E-state index is 12.8. The van der Waals surface area contributed by atoms with E-state index in [2.05, 4.69) is 62.5 Å². The number of carbonyl (C=O) groups excluding carboxylic acids is 2. The van der Waals surface area contributed by atoms with Gasteiger partial charge in [0.2, 0.25) is 0 Å². The number of phosphoric ester groups is 1. The number of carbonyl (C=O) groups is 2. The quantitative estimate of drug-likeness (QED) is 0.0211. The van der Waals surface area contributed by atoms with Gasteiger partial charge in [-0.2, -0.15) is 0 Å². The lowest BCUT2D eigenvalue weighted by Gasteiger charge is -2.24. The molecule has 0 saturated heterocycles. The van der Waals surface area contributed by atoms with Gasteiger partial charge in [0.15, 0.2) is 6.10 Å². The van der Waals surface area contributed by atoms with E-state index in [0.717, 1.165) is 83.5 Å². The van der Waals surface area contributed by atoms with Gasteiger partial charge in [0.25, 0.3) is 0 Å². The van der Waals surface area contributed by atoms with E-state index in [4.69, 9.17) is 18.5 Å². The molecule has 9 nitrogen and oxygen atoms in total. The van der Waals surface area contributed by atoms with Crippen molar-refractivity contribution in [2.75, 3.05) is 47.5 Å². The third-order valence-corrected chi connectivity index (χ3v) is 17.1. The fraction of sp³-hybridized carbons (Fsp3) is 0.863. The minimum Gasteiger partial charge on any atom is -0.462 e.